The molecule has 3 heterocycles. The first-order valence-corrected chi connectivity index (χ1v) is 11.6. The molecule has 2 aromatic carbocycles. The van der Waals surface area contributed by atoms with Gasteiger partial charge < -0.3 is 9.47 Å². The molecule has 3 fully saturated rings. The van der Waals surface area contributed by atoms with Crippen molar-refractivity contribution in [2.45, 2.75) is 62.5 Å². The molecule has 168 valence electrons. The lowest BCUT2D eigenvalue weighted by Crippen LogP contribution is -2.48. The van der Waals surface area contributed by atoms with E-state index in [-0.39, 0.29) is 11.3 Å². The molecular formula is C25H27ClN2O4. The highest BCUT2D eigenvalue weighted by Crippen LogP contribution is 2.48. The van der Waals surface area contributed by atoms with Gasteiger partial charge in [-0.15, -0.1) is 0 Å². The molecule has 4 atom stereocenters. The number of hydrogen-bond donors (Lipinski definition) is 1. The Morgan fingerprint density at radius 1 is 1.12 bits per heavy atom. The van der Waals surface area contributed by atoms with Crippen LogP contribution in [0.15, 0.2) is 48.5 Å². The summed E-state index contributed by atoms with van der Waals surface area (Å²) in [5.74, 6) is 0. The van der Waals surface area contributed by atoms with E-state index in [2.05, 4.69) is 23.3 Å². The summed E-state index contributed by atoms with van der Waals surface area (Å²) in [7, 11) is 2.14. The number of hydrogen-bond acceptors (Lipinski definition) is 5. The Morgan fingerprint density at radius 3 is 2.53 bits per heavy atom. The summed E-state index contributed by atoms with van der Waals surface area (Å²) in [6.07, 6.45) is 3.51. The molecule has 32 heavy (non-hydrogen) atoms. The number of carbonyl (C=O) groups excluding carboxylic acids is 2. The maximum absolute atomic E-state index is 12.8. The number of fused-ring (bicyclic) bond motifs is 5. The van der Waals surface area contributed by atoms with E-state index < -0.39 is 6.09 Å². The number of aryl methyl sites for hydroxylation is 1. The van der Waals surface area contributed by atoms with E-state index in [9.17, 15) is 9.59 Å². The van der Waals surface area contributed by atoms with Gasteiger partial charge in [0.05, 0.1) is 5.69 Å². The molecule has 2 bridgehead atoms. The number of amides is 1. The molecular weight excluding hydrogens is 428 g/mol. The monoisotopic (exact) mass is 454 g/mol. The first-order valence-electron chi connectivity index (χ1n) is 11.2. The van der Waals surface area contributed by atoms with Crippen LogP contribution >= 0.6 is 11.6 Å². The zero-order valence-corrected chi connectivity index (χ0v) is 18.8. The van der Waals surface area contributed by atoms with Crippen molar-refractivity contribution >= 4 is 28.6 Å². The highest BCUT2D eigenvalue weighted by Gasteiger charge is 2.62. The Labute approximate surface area is 192 Å². The number of piperidine rings is 1. The second-order valence-corrected chi connectivity index (χ2v) is 9.37. The number of epoxide rings is 1. The summed E-state index contributed by atoms with van der Waals surface area (Å²) < 4.78 is 11.6. The van der Waals surface area contributed by atoms with Crippen LogP contribution < -0.4 is 5.32 Å². The Morgan fingerprint density at radius 2 is 1.84 bits per heavy atom. The van der Waals surface area contributed by atoms with Crippen LogP contribution in [0.3, 0.4) is 0 Å². The van der Waals surface area contributed by atoms with Crippen molar-refractivity contribution in [3.63, 3.8) is 0 Å². The Hall–Kier alpha value is -2.41. The molecule has 4 unspecified atom stereocenters. The molecule has 0 aromatic heterocycles. The SMILES string of the molecule is CN1C2CC(OC(=O)Nc3ccc(CCCC(=O)Cl)cc3-c3ccccc3)CC1C1OC12. The quantitative estimate of drug-likeness (QED) is 0.489. The lowest BCUT2D eigenvalue weighted by molar-refractivity contribution is -0.111. The predicted molar refractivity (Wildman–Crippen MR) is 123 cm³/mol. The van der Waals surface area contributed by atoms with Crippen LogP contribution in [0, 0.1) is 0 Å². The van der Waals surface area contributed by atoms with Crippen LogP contribution in [0.4, 0.5) is 10.5 Å². The average Bonchev–Trinajstić information content (AvgIpc) is 3.53. The molecule has 5 rings (SSSR count). The number of benzene rings is 2. The number of anilines is 1. The molecule has 0 spiro atoms. The minimum absolute atomic E-state index is 0.0925. The average molecular weight is 455 g/mol. The number of halogens is 1. The highest BCUT2D eigenvalue weighted by atomic mass is 35.5. The van der Waals surface area contributed by atoms with Gasteiger partial charge in [-0.3, -0.25) is 15.0 Å². The highest BCUT2D eigenvalue weighted by molar-refractivity contribution is 6.63. The van der Waals surface area contributed by atoms with Gasteiger partial charge in [-0.05, 0) is 54.7 Å². The van der Waals surface area contributed by atoms with Crippen LogP contribution in [-0.2, 0) is 20.7 Å². The topological polar surface area (TPSA) is 71.2 Å². The summed E-state index contributed by atoms with van der Waals surface area (Å²) in [6.45, 7) is 0. The summed E-state index contributed by atoms with van der Waals surface area (Å²) >= 11 is 5.46. The number of rotatable bonds is 7. The molecule has 0 aliphatic carbocycles. The fourth-order valence-electron chi connectivity index (χ4n) is 5.23. The molecule has 3 aliphatic rings. The fourth-order valence-corrected chi connectivity index (χ4v) is 5.37. The largest absolute Gasteiger partial charge is 0.446 e. The molecule has 0 saturated carbocycles. The van der Waals surface area contributed by atoms with Gasteiger partial charge in [-0.25, -0.2) is 4.79 Å². The van der Waals surface area contributed by atoms with Crippen LogP contribution in [0.25, 0.3) is 11.1 Å². The molecule has 6 nitrogen and oxygen atoms in total. The van der Waals surface area contributed by atoms with Crippen molar-refractivity contribution < 1.29 is 19.1 Å². The lowest BCUT2D eigenvalue weighted by atomic mass is 9.98. The maximum Gasteiger partial charge on any atom is 0.411 e. The first kappa shape index (κ1) is 21.4. The van der Waals surface area contributed by atoms with Gasteiger partial charge in [-0.1, -0.05) is 36.4 Å². The molecule has 7 heteroatoms. The fraction of sp³-hybridized carbons (Fsp3) is 0.440. The Kier molecular flexibility index (Phi) is 5.93. The van der Waals surface area contributed by atoms with Gasteiger partial charge in [0.15, 0.2) is 0 Å². The number of nitrogens with one attached hydrogen (secondary N) is 1. The number of morpholine rings is 1. The van der Waals surface area contributed by atoms with Crippen LogP contribution in [-0.4, -0.2) is 53.7 Å². The number of likely N-dealkylation sites (N-methyl/N-ethyl adjacent to an activating group) is 1. The van der Waals surface area contributed by atoms with Crippen molar-refractivity contribution in [1.29, 1.82) is 0 Å². The molecule has 1 amide bonds. The van der Waals surface area contributed by atoms with E-state index in [4.69, 9.17) is 21.1 Å². The summed E-state index contributed by atoms with van der Waals surface area (Å²) in [5, 5.41) is 2.64. The van der Waals surface area contributed by atoms with E-state index in [1.54, 1.807) is 0 Å². The van der Waals surface area contributed by atoms with Gasteiger partial charge in [0, 0.05) is 36.9 Å². The second-order valence-electron chi connectivity index (χ2n) is 8.94. The third-order valence-electron chi connectivity index (χ3n) is 6.89. The Bertz CT molecular complexity index is 996. The minimum atomic E-state index is -0.425. The van der Waals surface area contributed by atoms with Crippen molar-refractivity contribution in [3.05, 3.63) is 54.1 Å². The number of ether oxygens (including phenoxy) is 2. The molecule has 2 aromatic rings. The van der Waals surface area contributed by atoms with Gasteiger partial charge in [0.2, 0.25) is 5.24 Å². The van der Waals surface area contributed by atoms with Crippen molar-refractivity contribution in [1.82, 2.24) is 4.90 Å². The van der Waals surface area contributed by atoms with Crippen LogP contribution in [0.5, 0.6) is 0 Å². The van der Waals surface area contributed by atoms with E-state index in [1.807, 2.05) is 42.5 Å². The zero-order valence-electron chi connectivity index (χ0n) is 18.0. The van der Waals surface area contributed by atoms with Gasteiger partial charge >= 0.3 is 6.09 Å². The lowest BCUT2D eigenvalue weighted by Gasteiger charge is -2.37. The predicted octanol–water partition coefficient (Wildman–Crippen LogP) is 4.60. The first-order chi connectivity index (χ1) is 15.5. The molecule has 0 radical (unpaired) electrons. The third-order valence-corrected chi connectivity index (χ3v) is 7.08. The van der Waals surface area contributed by atoms with Crippen molar-refractivity contribution in [2.75, 3.05) is 12.4 Å². The van der Waals surface area contributed by atoms with Crippen molar-refractivity contribution in [2.24, 2.45) is 0 Å². The van der Waals surface area contributed by atoms with E-state index in [0.29, 0.717) is 42.8 Å². The normalized spacial score (nSPS) is 28.1. The zero-order chi connectivity index (χ0) is 22.2. The minimum Gasteiger partial charge on any atom is -0.446 e. The maximum atomic E-state index is 12.8. The second kappa shape index (κ2) is 8.85. The van der Waals surface area contributed by atoms with E-state index >= 15 is 0 Å². The molecule has 3 saturated heterocycles. The number of nitrogens with zero attached hydrogens (tertiary/aromatic N) is 1. The number of carbonyl (C=O) groups is 2. The van der Waals surface area contributed by atoms with Gasteiger partial charge in [0.1, 0.15) is 18.3 Å². The Balaban J connectivity index is 1.28. The summed E-state index contributed by atoms with van der Waals surface area (Å²) in [6, 6.07) is 16.6. The molecule has 3 aliphatic heterocycles. The summed E-state index contributed by atoms with van der Waals surface area (Å²) in [5.41, 5.74) is 3.73. The smallest absolute Gasteiger partial charge is 0.411 e. The van der Waals surface area contributed by atoms with Crippen LogP contribution in [0.2, 0.25) is 0 Å². The van der Waals surface area contributed by atoms with E-state index in [0.717, 1.165) is 36.0 Å². The van der Waals surface area contributed by atoms with Crippen LogP contribution in [0.1, 0.15) is 31.2 Å². The standard InChI is InChI=1S/C25H27ClN2O4/c1-28-20-13-17(14-21(28)24-23(20)32-24)31-25(30)27-19-11-10-15(6-5-9-22(26)29)12-18(19)16-7-3-2-4-8-16/h2-4,7-8,10-12,17,20-21,23-24H,5-6,9,13-14H2,1H3,(H,27,30). The van der Waals surface area contributed by atoms with Crippen molar-refractivity contribution in [3.8, 4) is 11.1 Å². The molecule has 1 N–H and O–H groups in total. The van der Waals surface area contributed by atoms with Gasteiger partial charge in [0.25, 0.3) is 0 Å². The van der Waals surface area contributed by atoms with Gasteiger partial charge in [-0.2, -0.15) is 0 Å². The van der Waals surface area contributed by atoms with E-state index in [1.165, 1.54) is 0 Å². The third kappa shape index (κ3) is 4.40. The summed E-state index contributed by atoms with van der Waals surface area (Å²) in [4.78, 5) is 26.2.